The highest BCUT2D eigenvalue weighted by atomic mass is 32.1. The van der Waals surface area contributed by atoms with E-state index in [4.69, 9.17) is 10.8 Å². The number of hydrogen-bond donors (Lipinski definition) is 4. The maximum atomic E-state index is 9.43. The predicted octanol–water partition coefficient (Wildman–Crippen LogP) is 0.216. The van der Waals surface area contributed by atoms with Gasteiger partial charge in [0.2, 0.25) is 0 Å². The van der Waals surface area contributed by atoms with Crippen molar-refractivity contribution in [3.05, 3.63) is 29.8 Å². The summed E-state index contributed by atoms with van der Waals surface area (Å²) in [5, 5.41) is 21.0. The molecule has 0 fully saturated rings. The van der Waals surface area contributed by atoms with Crippen LogP contribution in [0.3, 0.4) is 0 Å². The second-order valence-corrected chi connectivity index (χ2v) is 2.95. The standard InChI is InChI=1S/C8H10N2O2S/c9-8(13)10-7(12)5-2-1-3-6(11)4-5/h1-4,7,11-12H,(H3,9,10,13). The van der Waals surface area contributed by atoms with E-state index in [1.54, 1.807) is 12.1 Å². The lowest BCUT2D eigenvalue weighted by atomic mass is 10.2. The van der Waals surface area contributed by atoms with Crippen molar-refractivity contribution in [2.75, 3.05) is 0 Å². The molecule has 0 spiro atoms. The van der Waals surface area contributed by atoms with Gasteiger partial charge in [-0.05, 0) is 24.4 Å². The lowest BCUT2D eigenvalue weighted by Gasteiger charge is -2.12. The quantitative estimate of drug-likeness (QED) is 0.404. The molecule has 0 saturated heterocycles. The zero-order chi connectivity index (χ0) is 9.84. The summed E-state index contributed by atoms with van der Waals surface area (Å²) in [4.78, 5) is 0. The second-order valence-electron chi connectivity index (χ2n) is 2.51. The Labute approximate surface area is 81.0 Å². The van der Waals surface area contributed by atoms with Gasteiger partial charge in [0.15, 0.2) is 11.3 Å². The number of phenols is 1. The first-order chi connectivity index (χ1) is 6.09. The zero-order valence-corrected chi connectivity index (χ0v) is 7.58. The van der Waals surface area contributed by atoms with Crippen LogP contribution in [0.5, 0.6) is 5.75 Å². The third-order valence-corrected chi connectivity index (χ3v) is 1.58. The first kappa shape index (κ1) is 9.76. The third-order valence-electron chi connectivity index (χ3n) is 1.46. The number of thiocarbonyl (C=S) groups is 1. The lowest BCUT2D eigenvalue weighted by molar-refractivity contribution is 0.163. The average Bonchev–Trinajstić information content (AvgIpc) is 2.03. The molecule has 5 N–H and O–H groups in total. The van der Waals surface area contributed by atoms with E-state index in [2.05, 4.69) is 17.5 Å². The highest BCUT2D eigenvalue weighted by Crippen LogP contribution is 2.15. The number of aliphatic hydroxyl groups is 1. The van der Waals surface area contributed by atoms with E-state index in [0.29, 0.717) is 5.56 Å². The van der Waals surface area contributed by atoms with Crippen molar-refractivity contribution in [2.45, 2.75) is 6.23 Å². The molecule has 0 aliphatic carbocycles. The summed E-state index contributed by atoms with van der Waals surface area (Å²) in [6.07, 6.45) is -0.982. The Morgan fingerprint density at radius 1 is 1.54 bits per heavy atom. The summed E-state index contributed by atoms with van der Waals surface area (Å²) in [7, 11) is 0. The molecule has 0 aliphatic rings. The largest absolute Gasteiger partial charge is 0.508 e. The van der Waals surface area contributed by atoms with Crippen molar-refractivity contribution in [3.8, 4) is 5.75 Å². The number of aliphatic hydroxyl groups excluding tert-OH is 1. The van der Waals surface area contributed by atoms with Crippen molar-refractivity contribution in [2.24, 2.45) is 5.73 Å². The number of benzene rings is 1. The lowest BCUT2D eigenvalue weighted by Crippen LogP contribution is -2.32. The Morgan fingerprint density at radius 2 is 2.23 bits per heavy atom. The Morgan fingerprint density at radius 3 is 2.77 bits per heavy atom. The van der Waals surface area contributed by atoms with Crippen LogP contribution in [0.15, 0.2) is 24.3 Å². The molecule has 0 bridgehead atoms. The summed E-state index contributed by atoms with van der Waals surface area (Å²) in [6.45, 7) is 0. The maximum Gasteiger partial charge on any atom is 0.165 e. The van der Waals surface area contributed by atoms with Gasteiger partial charge in [-0.1, -0.05) is 12.1 Å². The van der Waals surface area contributed by atoms with Crippen molar-refractivity contribution in [1.82, 2.24) is 5.32 Å². The molecule has 1 aromatic carbocycles. The smallest absolute Gasteiger partial charge is 0.165 e. The monoisotopic (exact) mass is 198 g/mol. The fraction of sp³-hybridized carbons (Fsp3) is 0.125. The minimum atomic E-state index is -0.982. The Balaban J connectivity index is 2.76. The molecular formula is C8H10N2O2S. The van der Waals surface area contributed by atoms with E-state index in [1.165, 1.54) is 12.1 Å². The first-order valence-electron chi connectivity index (χ1n) is 3.62. The van der Waals surface area contributed by atoms with Gasteiger partial charge >= 0.3 is 0 Å². The fourth-order valence-electron chi connectivity index (χ4n) is 0.913. The summed E-state index contributed by atoms with van der Waals surface area (Å²) in [5.74, 6) is 0.0845. The third kappa shape index (κ3) is 2.89. The van der Waals surface area contributed by atoms with Crippen LogP contribution < -0.4 is 11.1 Å². The normalized spacial score (nSPS) is 12.1. The summed E-state index contributed by atoms with van der Waals surface area (Å²) in [6, 6.07) is 6.21. The first-order valence-corrected chi connectivity index (χ1v) is 4.03. The molecule has 1 atom stereocenters. The van der Waals surface area contributed by atoms with Crippen LogP contribution in [0.25, 0.3) is 0 Å². The molecule has 70 valence electrons. The number of aromatic hydroxyl groups is 1. The molecule has 0 aliphatic heterocycles. The summed E-state index contributed by atoms with van der Waals surface area (Å²) in [5.41, 5.74) is 5.67. The van der Waals surface area contributed by atoms with Gasteiger partial charge in [-0.3, -0.25) is 0 Å². The number of phenolic OH excluding ortho intramolecular Hbond substituents is 1. The Kier molecular flexibility index (Phi) is 3.05. The summed E-state index contributed by atoms with van der Waals surface area (Å²) >= 11 is 4.55. The van der Waals surface area contributed by atoms with E-state index in [9.17, 15) is 5.11 Å². The Bertz CT molecular complexity index is 317. The van der Waals surface area contributed by atoms with Gasteiger partial charge in [-0.2, -0.15) is 0 Å². The van der Waals surface area contributed by atoms with Gasteiger partial charge in [0.25, 0.3) is 0 Å². The molecule has 0 aromatic heterocycles. The van der Waals surface area contributed by atoms with Gasteiger partial charge in [0.05, 0.1) is 0 Å². The van der Waals surface area contributed by atoms with Gasteiger partial charge in [0, 0.05) is 5.56 Å². The minimum Gasteiger partial charge on any atom is -0.508 e. The highest BCUT2D eigenvalue weighted by Gasteiger charge is 2.06. The fourth-order valence-corrected chi connectivity index (χ4v) is 1.02. The van der Waals surface area contributed by atoms with Crippen LogP contribution in [0.4, 0.5) is 0 Å². The van der Waals surface area contributed by atoms with Crippen LogP contribution in [0.1, 0.15) is 11.8 Å². The average molecular weight is 198 g/mol. The van der Waals surface area contributed by atoms with Crippen LogP contribution >= 0.6 is 12.2 Å². The van der Waals surface area contributed by atoms with Gasteiger partial charge in [-0.15, -0.1) is 0 Å². The van der Waals surface area contributed by atoms with Crippen molar-refractivity contribution >= 4 is 17.3 Å². The second kappa shape index (κ2) is 4.06. The number of nitrogens with two attached hydrogens (primary N) is 1. The van der Waals surface area contributed by atoms with Crippen LogP contribution in [0, 0.1) is 0 Å². The SMILES string of the molecule is NC(=S)NC(O)c1cccc(O)c1. The van der Waals surface area contributed by atoms with E-state index in [-0.39, 0.29) is 10.9 Å². The molecular weight excluding hydrogens is 188 g/mol. The van der Waals surface area contributed by atoms with Crippen LogP contribution in [-0.4, -0.2) is 15.3 Å². The molecule has 0 saturated carbocycles. The van der Waals surface area contributed by atoms with Crippen molar-refractivity contribution < 1.29 is 10.2 Å². The summed E-state index contributed by atoms with van der Waals surface area (Å²) < 4.78 is 0. The van der Waals surface area contributed by atoms with Gasteiger partial charge < -0.3 is 21.3 Å². The molecule has 4 nitrogen and oxygen atoms in total. The molecule has 5 heteroatoms. The topological polar surface area (TPSA) is 78.5 Å². The van der Waals surface area contributed by atoms with E-state index < -0.39 is 6.23 Å². The number of hydrogen-bond acceptors (Lipinski definition) is 3. The minimum absolute atomic E-state index is 0.0100. The van der Waals surface area contributed by atoms with Crippen molar-refractivity contribution in [1.29, 1.82) is 0 Å². The number of nitrogens with one attached hydrogen (secondary N) is 1. The van der Waals surface area contributed by atoms with Crippen LogP contribution in [-0.2, 0) is 0 Å². The number of rotatable bonds is 2. The van der Waals surface area contributed by atoms with E-state index in [0.717, 1.165) is 0 Å². The Hall–Kier alpha value is -1.33. The predicted molar refractivity (Wildman–Crippen MR) is 53.0 cm³/mol. The molecule has 0 amide bonds. The molecule has 0 heterocycles. The van der Waals surface area contributed by atoms with E-state index >= 15 is 0 Å². The van der Waals surface area contributed by atoms with Crippen molar-refractivity contribution in [3.63, 3.8) is 0 Å². The maximum absolute atomic E-state index is 9.43. The highest BCUT2D eigenvalue weighted by molar-refractivity contribution is 7.80. The molecule has 1 unspecified atom stereocenters. The molecule has 0 radical (unpaired) electrons. The van der Waals surface area contributed by atoms with Gasteiger partial charge in [-0.25, -0.2) is 0 Å². The van der Waals surface area contributed by atoms with Crippen LogP contribution in [0.2, 0.25) is 0 Å². The molecule has 1 aromatic rings. The zero-order valence-electron chi connectivity index (χ0n) is 6.77. The molecule has 13 heavy (non-hydrogen) atoms. The molecule has 1 rings (SSSR count). The van der Waals surface area contributed by atoms with E-state index in [1.807, 2.05) is 0 Å². The van der Waals surface area contributed by atoms with Gasteiger partial charge in [0.1, 0.15) is 5.75 Å².